The smallest absolute Gasteiger partial charge is 0.226 e. The fraction of sp³-hybridized carbons (Fsp3) is 0.375. The highest BCUT2D eigenvalue weighted by Crippen LogP contribution is 2.08. The van der Waals surface area contributed by atoms with Crippen LogP contribution in [0.3, 0.4) is 0 Å². The molecule has 21 heavy (non-hydrogen) atoms. The van der Waals surface area contributed by atoms with Gasteiger partial charge in [-0.2, -0.15) is 5.10 Å². The Morgan fingerprint density at radius 1 is 1.29 bits per heavy atom. The van der Waals surface area contributed by atoms with Gasteiger partial charge in [-0.15, -0.1) is 0 Å². The van der Waals surface area contributed by atoms with Crippen molar-refractivity contribution in [3.63, 3.8) is 0 Å². The fourth-order valence-electron chi connectivity index (χ4n) is 1.79. The van der Waals surface area contributed by atoms with E-state index in [0.717, 1.165) is 11.4 Å². The Bertz CT molecular complexity index is 591. The summed E-state index contributed by atoms with van der Waals surface area (Å²) in [4.78, 5) is 11.9. The van der Waals surface area contributed by atoms with E-state index < -0.39 is 0 Å². The van der Waals surface area contributed by atoms with E-state index in [2.05, 4.69) is 10.4 Å². The average molecular weight is 287 g/mol. The summed E-state index contributed by atoms with van der Waals surface area (Å²) < 4.78 is 7.03. The molecular weight excluding hydrogens is 266 g/mol. The number of nitrogens with one attached hydrogen (secondary N) is 1. The second-order valence-electron chi connectivity index (χ2n) is 5.50. The zero-order valence-electron chi connectivity index (χ0n) is 12.7. The molecule has 2 rings (SSSR count). The van der Waals surface area contributed by atoms with Gasteiger partial charge in [0.15, 0.2) is 0 Å². The molecule has 112 valence electrons. The van der Waals surface area contributed by atoms with Crippen LogP contribution in [0, 0.1) is 0 Å². The van der Waals surface area contributed by atoms with Crippen molar-refractivity contribution in [1.29, 1.82) is 0 Å². The first kappa shape index (κ1) is 15.3. The number of rotatable bonds is 6. The monoisotopic (exact) mass is 287 g/mol. The Morgan fingerprint density at radius 3 is 2.67 bits per heavy atom. The minimum absolute atomic E-state index is 0.0570. The van der Waals surface area contributed by atoms with Crippen molar-refractivity contribution in [1.82, 2.24) is 15.1 Å². The van der Waals surface area contributed by atoms with E-state index in [1.807, 2.05) is 56.4 Å². The second-order valence-corrected chi connectivity index (χ2v) is 5.50. The van der Waals surface area contributed by atoms with Crippen molar-refractivity contribution in [2.75, 3.05) is 13.7 Å². The van der Waals surface area contributed by atoms with Crippen molar-refractivity contribution in [2.45, 2.75) is 25.9 Å². The van der Waals surface area contributed by atoms with Crippen molar-refractivity contribution in [3.05, 3.63) is 48.3 Å². The van der Waals surface area contributed by atoms with Crippen molar-refractivity contribution < 1.29 is 9.53 Å². The molecule has 0 unspecified atom stereocenters. The summed E-state index contributed by atoms with van der Waals surface area (Å²) in [5, 5.41) is 7.27. The molecule has 0 fully saturated rings. The van der Waals surface area contributed by atoms with Gasteiger partial charge in [0.1, 0.15) is 0 Å². The molecule has 0 saturated carbocycles. The van der Waals surface area contributed by atoms with Gasteiger partial charge >= 0.3 is 0 Å². The Morgan fingerprint density at radius 2 is 2.00 bits per heavy atom. The molecule has 0 atom stereocenters. The summed E-state index contributed by atoms with van der Waals surface area (Å²) in [7, 11) is 1.63. The highest BCUT2D eigenvalue weighted by molar-refractivity contribution is 5.78. The maximum atomic E-state index is 11.9. The van der Waals surface area contributed by atoms with Crippen LogP contribution in [0.25, 0.3) is 5.69 Å². The summed E-state index contributed by atoms with van der Waals surface area (Å²) in [5.74, 6) is -0.0570. The first-order valence-corrected chi connectivity index (χ1v) is 6.92. The van der Waals surface area contributed by atoms with Crippen molar-refractivity contribution in [3.8, 4) is 5.69 Å². The molecule has 1 N–H and O–H groups in total. The van der Waals surface area contributed by atoms with Crippen LogP contribution in [-0.4, -0.2) is 34.9 Å². The van der Waals surface area contributed by atoms with E-state index in [0.29, 0.717) is 6.54 Å². The highest BCUT2D eigenvalue weighted by atomic mass is 16.5. The quantitative estimate of drug-likeness (QED) is 0.883. The first-order chi connectivity index (χ1) is 10.00. The molecule has 5 heteroatoms. The van der Waals surface area contributed by atoms with E-state index in [1.54, 1.807) is 11.8 Å². The zero-order chi connectivity index (χ0) is 15.3. The lowest BCUT2D eigenvalue weighted by atomic mass is 10.1. The number of carbonyl (C=O) groups excluding carboxylic acids is 1. The van der Waals surface area contributed by atoms with Gasteiger partial charge in [-0.1, -0.05) is 18.2 Å². The zero-order valence-corrected chi connectivity index (χ0v) is 12.7. The third-order valence-corrected chi connectivity index (χ3v) is 3.27. The van der Waals surface area contributed by atoms with Crippen LogP contribution in [0.1, 0.15) is 19.5 Å². The van der Waals surface area contributed by atoms with E-state index in [9.17, 15) is 4.79 Å². The summed E-state index contributed by atoms with van der Waals surface area (Å²) in [6.07, 6.45) is 2.12. The predicted octanol–water partition coefficient (Wildman–Crippen LogP) is 1.96. The van der Waals surface area contributed by atoms with E-state index in [-0.39, 0.29) is 17.9 Å². The summed E-state index contributed by atoms with van der Waals surface area (Å²) >= 11 is 0. The largest absolute Gasteiger partial charge is 0.377 e. The average Bonchev–Trinajstić information content (AvgIpc) is 2.95. The van der Waals surface area contributed by atoms with Crippen molar-refractivity contribution in [2.24, 2.45) is 0 Å². The maximum Gasteiger partial charge on any atom is 0.226 e. The lowest BCUT2D eigenvalue weighted by Crippen LogP contribution is -2.40. The van der Waals surface area contributed by atoms with Gasteiger partial charge in [-0.05, 0) is 32.0 Å². The van der Waals surface area contributed by atoms with E-state index >= 15 is 0 Å². The molecule has 0 bridgehead atoms. The number of hydrogen-bond acceptors (Lipinski definition) is 3. The van der Waals surface area contributed by atoms with Gasteiger partial charge in [-0.3, -0.25) is 4.79 Å². The summed E-state index contributed by atoms with van der Waals surface area (Å²) in [5.41, 5.74) is 1.36. The standard InChI is InChI=1S/C16H21N3O2/c1-16(2,21-3)12-17-15(20)11-13-9-10-19(18-13)14-7-5-4-6-8-14/h4-10H,11-12H2,1-3H3,(H,17,20). The number of benzene rings is 1. The van der Waals surface area contributed by atoms with Crippen LogP contribution in [0.4, 0.5) is 0 Å². The molecule has 0 aliphatic heterocycles. The molecule has 1 aromatic heterocycles. The van der Waals surface area contributed by atoms with Gasteiger partial charge in [0.25, 0.3) is 0 Å². The van der Waals surface area contributed by atoms with Crippen molar-refractivity contribution >= 4 is 5.91 Å². The van der Waals surface area contributed by atoms with E-state index in [1.165, 1.54) is 0 Å². The van der Waals surface area contributed by atoms with Crippen LogP contribution in [0.5, 0.6) is 0 Å². The SMILES string of the molecule is COC(C)(C)CNC(=O)Cc1ccn(-c2ccccc2)n1. The predicted molar refractivity (Wildman–Crippen MR) is 81.4 cm³/mol. The lowest BCUT2D eigenvalue weighted by molar-refractivity contribution is -0.121. The fourth-order valence-corrected chi connectivity index (χ4v) is 1.79. The third-order valence-electron chi connectivity index (χ3n) is 3.27. The number of amides is 1. The van der Waals surface area contributed by atoms with Gasteiger partial charge in [0, 0.05) is 19.9 Å². The topological polar surface area (TPSA) is 56.1 Å². The minimum atomic E-state index is -0.362. The number of nitrogens with zero attached hydrogens (tertiary/aromatic N) is 2. The minimum Gasteiger partial charge on any atom is -0.377 e. The number of para-hydroxylation sites is 1. The second kappa shape index (κ2) is 6.54. The van der Waals surface area contributed by atoms with E-state index in [4.69, 9.17) is 4.74 Å². The van der Waals surface area contributed by atoms with Crippen LogP contribution in [-0.2, 0) is 16.0 Å². The van der Waals surface area contributed by atoms with Crippen LogP contribution >= 0.6 is 0 Å². The molecule has 0 radical (unpaired) electrons. The molecule has 1 aromatic carbocycles. The molecule has 2 aromatic rings. The van der Waals surface area contributed by atoms with Gasteiger partial charge in [0.05, 0.1) is 23.4 Å². The Kier molecular flexibility index (Phi) is 4.75. The number of methoxy groups -OCH3 is 1. The Hall–Kier alpha value is -2.14. The molecular formula is C16H21N3O2. The first-order valence-electron chi connectivity index (χ1n) is 6.92. The molecule has 5 nitrogen and oxygen atoms in total. The highest BCUT2D eigenvalue weighted by Gasteiger charge is 2.17. The van der Waals surface area contributed by atoms with Gasteiger partial charge in [0.2, 0.25) is 5.91 Å². The molecule has 0 saturated heterocycles. The number of carbonyl (C=O) groups is 1. The number of aromatic nitrogens is 2. The summed E-state index contributed by atoms with van der Waals surface area (Å²) in [6.45, 7) is 4.33. The molecule has 0 spiro atoms. The summed E-state index contributed by atoms with van der Waals surface area (Å²) in [6, 6.07) is 11.7. The van der Waals surface area contributed by atoms with Gasteiger partial charge < -0.3 is 10.1 Å². The van der Waals surface area contributed by atoms with Crippen LogP contribution in [0.2, 0.25) is 0 Å². The van der Waals surface area contributed by atoms with Gasteiger partial charge in [-0.25, -0.2) is 4.68 Å². The maximum absolute atomic E-state index is 11.9. The van der Waals surface area contributed by atoms with Crippen LogP contribution < -0.4 is 5.32 Å². The molecule has 0 aliphatic carbocycles. The number of ether oxygens (including phenoxy) is 1. The normalized spacial score (nSPS) is 11.4. The Balaban J connectivity index is 1.92. The molecule has 1 heterocycles. The Labute approximate surface area is 124 Å². The lowest BCUT2D eigenvalue weighted by Gasteiger charge is -2.22. The number of hydrogen-bond donors (Lipinski definition) is 1. The molecule has 1 amide bonds. The molecule has 0 aliphatic rings. The van der Waals surface area contributed by atoms with Crippen LogP contribution in [0.15, 0.2) is 42.6 Å². The third kappa shape index (κ3) is 4.43.